The van der Waals surface area contributed by atoms with Gasteiger partial charge in [0.1, 0.15) is 0 Å². The number of carbonyl (C=O) groups excluding carboxylic acids is 2. The third-order valence-electron chi connectivity index (χ3n) is 3.90. The Morgan fingerprint density at radius 3 is 2.67 bits per heavy atom. The molecule has 0 unspecified atom stereocenters. The predicted molar refractivity (Wildman–Crippen MR) is 83.8 cm³/mol. The summed E-state index contributed by atoms with van der Waals surface area (Å²) < 4.78 is 5.79. The van der Waals surface area contributed by atoms with Crippen molar-refractivity contribution in [3.05, 3.63) is 34.3 Å². The zero-order valence-electron chi connectivity index (χ0n) is 12.2. The largest absolute Gasteiger partial charge is 0.469 e. The molecular weight excluding hydrogens is 334 g/mol. The van der Waals surface area contributed by atoms with E-state index in [0.29, 0.717) is 32.4 Å². The maximum absolute atomic E-state index is 12.2. The molecule has 21 heavy (non-hydrogen) atoms. The molecule has 0 radical (unpaired) electrons. The van der Waals surface area contributed by atoms with Gasteiger partial charge in [0, 0.05) is 24.0 Å². The molecule has 0 spiro atoms. The van der Waals surface area contributed by atoms with Crippen LogP contribution in [0.1, 0.15) is 24.8 Å². The van der Waals surface area contributed by atoms with Crippen molar-refractivity contribution in [3.63, 3.8) is 0 Å². The van der Waals surface area contributed by atoms with Gasteiger partial charge in [-0.15, -0.1) is 0 Å². The minimum absolute atomic E-state index is 0.0517. The number of carbonyl (C=O) groups is 2. The van der Waals surface area contributed by atoms with E-state index in [1.807, 2.05) is 29.2 Å². The van der Waals surface area contributed by atoms with E-state index in [9.17, 15) is 9.59 Å². The van der Waals surface area contributed by atoms with Crippen LogP contribution in [-0.4, -0.2) is 37.0 Å². The van der Waals surface area contributed by atoms with Crippen LogP contribution in [0.5, 0.6) is 0 Å². The number of likely N-dealkylation sites (tertiary alicyclic amines) is 1. The van der Waals surface area contributed by atoms with Crippen molar-refractivity contribution in [1.82, 2.24) is 4.90 Å². The average Bonchev–Trinajstić information content (AvgIpc) is 2.52. The molecule has 1 aromatic carbocycles. The van der Waals surface area contributed by atoms with Crippen molar-refractivity contribution in [2.75, 3.05) is 20.2 Å². The molecule has 5 heteroatoms. The number of halogens is 1. The Hall–Kier alpha value is -1.36. The van der Waals surface area contributed by atoms with Gasteiger partial charge in [-0.05, 0) is 37.0 Å². The molecule has 0 N–H and O–H groups in total. The van der Waals surface area contributed by atoms with Crippen LogP contribution in [0, 0.1) is 5.92 Å². The summed E-state index contributed by atoms with van der Waals surface area (Å²) in [6.45, 7) is 1.30. The van der Waals surface area contributed by atoms with Gasteiger partial charge < -0.3 is 9.64 Å². The number of hydrogen-bond donors (Lipinski definition) is 0. The van der Waals surface area contributed by atoms with Crippen LogP contribution in [0.15, 0.2) is 28.7 Å². The number of esters is 1. The maximum Gasteiger partial charge on any atom is 0.308 e. The van der Waals surface area contributed by atoms with Crippen molar-refractivity contribution < 1.29 is 14.3 Å². The molecule has 0 aliphatic carbocycles. The first kappa shape index (κ1) is 16.0. The number of nitrogens with zero attached hydrogens (tertiary/aromatic N) is 1. The molecule has 1 aliphatic rings. The van der Waals surface area contributed by atoms with Crippen molar-refractivity contribution in [2.45, 2.75) is 25.7 Å². The first-order chi connectivity index (χ1) is 10.1. The molecule has 1 aromatic rings. The first-order valence-electron chi connectivity index (χ1n) is 7.20. The number of hydrogen-bond acceptors (Lipinski definition) is 3. The number of benzene rings is 1. The van der Waals surface area contributed by atoms with E-state index in [4.69, 9.17) is 4.74 Å². The number of ether oxygens (including phenoxy) is 1. The molecule has 0 saturated carbocycles. The highest BCUT2D eigenvalue weighted by molar-refractivity contribution is 9.10. The molecule has 1 heterocycles. The van der Waals surface area contributed by atoms with Crippen LogP contribution in [0.2, 0.25) is 0 Å². The van der Waals surface area contributed by atoms with Gasteiger partial charge in [-0.1, -0.05) is 28.1 Å². The SMILES string of the molecule is COC(=O)C1CCN(C(=O)CCc2cccc(Br)c2)CC1. The fraction of sp³-hybridized carbons (Fsp3) is 0.500. The first-order valence-corrected chi connectivity index (χ1v) is 7.99. The van der Waals surface area contributed by atoms with E-state index in [-0.39, 0.29) is 17.8 Å². The smallest absolute Gasteiger partial charge is 0.308 e. The molecular formula is C16H20BrNO3. The highest BCUT2D eigenvalue weighted by Crippen LogP contribution is 2.20. The molecule has 1 amide bonds. The molecule has 0 aromatic heterocycles. The summed E-state index contributed by atoms with van der Waals surface area (Å²) >= 11 is 3.43. The van der Waals surface area contributed by atoms with Crippen LogP contribution in [0.3, 0.4) is 0 Å². The monoisotopic (exact) mass is 353 g/mol. The summed E-state index contributed by atoms with van der Waals surface area (Å²) in [6.07, 6.45) is 2.67. The van der Waals surface area contributed by atoms with Gasteiger partial charge in [-0.25, -0.2) is 0 Å². The number of methoxy groups -OCH3 is 1. The number of amides is 1. The van der Waals surface area contributed by atoms with E-state index in [0.717, 1.165) is 16.5 Å². The molecule has 114 valence electrons. The van der Waals surface area contributed by atoms with E-state index >= 15 is 0 Å². The third kappa shape index (κ3) is 4.56. The third-order valence-corrected chi connectivity index (χ3v) is 4.39. The van der Waals surface area contributed by atoms with Gasteiger partial charge in [0.25, 0.3) is 0 Å². The second-order valence-corrected chi connectivity index (χ2v) is 6.22. The Balaban J connectivity index is 1.78. The maximum atomic E-state index is 12.2. The van der Waals surface area contributed by atoms with Crippen LogP contribution in [0.25, 0.3) is 0 Å². The van der Waals surface area contributed by atoms with E-state index < -0.39 is 0 Å². The molecule has 1 fully saturated rings. The summed E-state index contributed by atoms with van der Waals surface area (Å²) in [6, 6.07) is 8.02. The topological polar surface area (TPSA) is 46.6 Å². The molecule has 2 rings (SSSR count). The average molecular weight is 354 g/mol. The number of piperidine rings is 1. The molecule has 1 saturated heterocycles. The van der Waals surface area contributed by atoms with Crippen LogP contribution < -0.4 is 0 Å². The minimum Gasteiger partial charge on any atom is -0.469 e. The van der Waals surface area contributed by atoms with E-state index in [1.165, 1.54) is 7.11 Å². The van der Waals surface area contributed by atoms with Gasteiger partial charge in [0.2, 0.25) is 5.91 Å². The fourth-order valence-corrected chi connectivity index (χ4v) is 3.08. The zero-order chi connectivity index (χ0) is 15.2. The Bertz CT molecular complexity index is 510. The summed E-state index contributed by atoms with van der Waals surface area (Å²) in [7, 11) is 1.41. The molecule has 4 nitrogen and oxygen atoms in total. The van der Waals surface area contributed by atoms with Crippen molar-refractivity contribution in [1.29, 1.82) is 0 Å². The Morgan fingerprint density at radius 1 is 1.33 bits per heavy atom. The van der Waals surface area contributed by atoms with Crippen molar-refractivity contribution >= 4 is 27.8 Å². The van der Waals surface area contributed by atoms with Gasteiger partial charge in [-0.3, -0.25) is 9.59 Å². The number of rotatable bonds is 4. The highest BCUT2D eigenvalue weighted by Gasteiger charge is 2.27. The predicted octanol–water partition coefficient (Wildman–Crippen LogP) is 2.79. The quantitative estimate of drug-likeness (QED) is 0.782. The van der Waals surface area contributed by atoms with Gasteiger partial charge in [0.15, 0.2) is 0 Å². The lowest BCUT2D eigenvalue weighted by Gasteiger charge is -2.30. The lowest BCUT2D eigenvalue weighted by Crippen LogP contribution is -2.40. The standard InChI is InChI=1S/C16H20BrNO3/c1-21-16(20)13-7-9-18(10-8-13)15(19)6-5-12-3-2-4-14(17)11-12/h2-4,11,13H,5-10H2,1H3. The van der Waals surface area contributed by atoms with Crippen LogP contribution in [-0.2, 0) is 20.7 Å². The van der Waals surface area contributed by atoms with Crippen LogP contribution in [0.4, 0.5) is 0 Å². The normalized spacial score (nSPS) is 15.8. The summed E-state index contributed by atoms with van der Waals surface area (Å²) in [5.74, 6) is -0.0429. The Kier molecular flexibility index (Phi) is 5.79. The van der Waals surface area contributed by atoms with Gasteiger partial charge in [0.05, 0.1) is 13.0 Å². The van der Waals surface area contributed by atoms with Crippen molar-refractivity contribution in [2.24, 2.45) is 5.92 Å². The van der Waals surface area contributed by atoms with Crippen molar-refractivity contribution in [3.8, 4) is 0 Å². The molecule has 0 atom stereocenters. The van der Waals surface area contributed by atoms with Gasteiger partial charge in [-0.2, -0.15) is 0 Å². The summed E-state index contributed by atoms with van der Waals surface area (Å²) in [5.41, 5.74) is 1.15. The second kappa shape index (κ2) is 7.59. The molecule has 0 bridgehead atoms. The lowest BCUT2D eigenvalue weighted by atomic mass is 9.96. The lowest BCUT2D eigenvalue weighted by molar-refractivity contribution is -0.148. The zero-order valence-corrected chi connectivity index (χ0v) is 13.8. The Morgan fingerprint density at radius 2 is 2.05 bits per heavy atom. The molecule has 1 aliphatic heterocycles. The fourth-order valence-electron chi connectivity index (χ4n) is 2.63. The number of aryl methyl sites for hydroxylation is 1. The minimum atomic E-state index is -0.156. The van der Waals surface area contributed by atoms with Crippen LogP contribution >= 0.6 is 15.9 Å². The summed E-state index contributed by atoms with van der Waals surface area (Å²) in [5, 5.41) is 0. The van der Waals surface area contributed by atoms with E-state index in [1.54, 1.807) is 0 Å². The summed E-state index contributed by atoms with van der Waals surface area (Å²) in [4.78, 5) is 25.5. The highest BCUT2D eigenvalue weighted by atomic mass is 79.9. The van der Waals surface area contributed by atoms with Gasteiger partial charge >= 0.3 is 5.97 Å². The Labute approximate surface area is 133 Å². The van der Waals surface area contributed by atoms with E-state index in [2.05, 4.69) is 15.9 Å². The second-order valence-electron chi connectivity index (χ2n) is 5.31.